The number of fused-ring (bicyclic) bond motifs is 1. The van der Waals surface area contributed by atoms with Crippen LogP contribution in [0.5, 0.6) is 5.75 Å². The molecule has 0 aliphatic rings. The van der Waals surface area contributed by atoms with Crippen molar-refractivity contribution in [1.82, 2.24) is 0 Å². The van der Waals surface area contributed by atoms with Crippen molar-refractivity contribution in [2.75, 3.05) is 7.11 Å². The molecular formula is C16H12O5S. The van der Waals surface area contributed by atoms with E-state index in [2.05, 4.69) is 0 Å². The molecule has 0 N–H and O–H groups in total. The van der Waals surface area contributed by atoms with Gasteiger partial charge in [-0.25, -0.2) is 13.2 Å². The molecule has 0 spiro atoms. The third kappa shape index (κ3) is 2.37. The minimum atomic E-state index is -3.98. The van der Waals surface area contributed by atoms with Gasteiger partial charge in [0.2, 0.25) is 9.84 Å². The average Bonchev–Trinajstić information content (AvgIpc) is 2.54. The summed E-state index contributed by atoms with van der Waals surface area (Å²) in [5.41, 5.74) is -0.543. The molecule has 0 radical (unpaired) electrons. The molecule has 0 atom stereocenters. The van der Waals surface area contributed by atoms with Crippen molar-refractivity contribution in [3.05, 3.63) is 65.0 Å². The molecule has 0 saturated carbocycles. The maximum atomic E-state index is 12.7. The highest BCUT2D eigenvalue weighted by Crippen LogP contribution is 2.24. The van der Waals surface area contributed by atoms with Gasteiger partial charge in [-0.2, -0.15) is 0 Å². The fourth-order valence-corrected chi connectivity index (χ4v) is 3.45. The number of hydrogen-bond donors (Lipinski definition) is 0. The van der Waals surface area contributed by atoms with Gasteiger partial charge in [-0.05, 0) is 30.3 Å². The van der Waals surface area contributed by atoms with Crippen LogP contribution in [-0.2, 0) is 9.84 Å². The van der Waals surface area contributed by atoms with E-state index in [1.165, 1.54) is 25.3 Å². The second kappa shape index (κ2) is 5.31. The number of ether oxygens (including phenoxy) is 1. The van der Waals surface area contributed by atoms with Gasteiger partial charge in [0.1, 0.15) is 11.3 Å². The minimum absolute atomic E-state index is 0.0190. The zero-order chi connectivity index (χ0) is 15.7. The molecule has 6 heteroatoms. The molecule has 0 aliphatic carbocycles. The highest BCUT2D eigenvalue weighted by molar-refractivity contribution is 7.91. The maximum absolute atomic E-state index is 12.7. The first kappa shape index (κ1) is 14.3. The first-order valence-electron chi connectivity index (χ1n) is 6.44. The lowest BCUT2D eigenvalue weighted by Gasteiger charge is -2.06. The Morgan fingerprint density at radius 1 is 1.00 bits per heavy atom. The quantitative estimate of drug-likeness (QED) is 0.694. The van der Waals surface area contributed by atoms with E-state index in [1.54, 1.807) is 36.4 Å². The van der Waals surface area contributed by atoms with Gasteiger partial charge in [0.15, 0.2) is 4.90 Å². The SMILES string of the molecule is COc1cccc(S(=O)(=O)c2cc3ccccc3oc2=O)c1. The highest BCUT2D eigenvalue weighted by atomic mass is 32.2. The van der Waals surface area contributed by atoms with Crippen LogP contribution in [0.4, 0.5) is 0 Å². The zero-order valence-electron chi connectivity index (χ0n) is 11.6. The predicted molar refractivity (Wildman–Crippen MR) is 80.9 cm³/mol. The summed E-state index contributed by atoms with van der Waals surface area (Å²) in [7, 11) is -2.54. The van der Waals surface area contributed by atoms with E-state index in [0.29, 0.717) is 16.7 Å². The number of benzene rings is 2. The second-order valence-electron chi connectivity index (χ2n) is 4.62. The third-order valence-corrected chi connectivity index (χ3v) is 4.99. The molecule has 0 saturated heterocycles. The molecule has 0 fully saturated rings. The lowest BCUT2D eigenvalue weighted by molar-refractivity contribution is 0.413. The van der Waals surface area contributed by atoms with Gasteiger partial charge in [0.25, 0.3) is 0 Å². The fourth-order valence-electron chi connectivity index (χ4n) is 2.13. The summed E-state index contributed by atoms with van der Waals surface area (Å²) in [5.74, 6) is 0.395. The van der Waals surface area contributed by atoms with E-state index in [9.17, 15) is 13.2 Å². The van der Waals surface area contributed by atoms with Crippen molar-refractivity contribution in [3.8, 4) is 5.75 Å². The summed E-state index contributed by atoms with van der Waals surface area (Å²) in [6.45, 7) is 0. The molecule has 3 rings (SSSR count). The standard InChI is InChI=1S/C16H12O5S/c1-20-12-6-4-7-13(10-12)22(18,19)15-9-11-5-2-3-8-14(11)21-16(15)17/h2-10H,1H3. The smallest absolute Gasteiger partial charge is 0.355 e. The van der Waals surface area contributed by atoms with Gasteiger partial charge in [-0.1, -0.05) is 24.3 Å². The number of para-hydroxylation sites is 1. The van der Waals surface area contributed by atoms with Crippen LogP contribution < -0.4 is 10.4 Å². The molecule has 0 unspecified atom stereocenters. The Morgan fingerprint density at radius 3 is 2.55 bits per heavy atom. The van der Waals surface area contributed by atoms with E-state index in [1.807, 2.05) is 0 Å². The average molecular weight is 316 g/mol. The normalized spacial score (nSPS) is 11.5. The molecule has 1 heterocycles. The van der Waals surface area contributed by atoms with Gasteiger partial charge in [-0.15, -0.1) is 0 Å². The van der Waals surface area contributed by atoms with Crippen molar-refractivity contribution in [1.29, 1.82) is 0 Å². The Balaban J connectivity index is 2.24. The Morgan fingerprint density at radius 2 is 1.77 bits per heavy atom. The third-order valence-electron chi connectivity index (χ3n) is 3.25. The topological polar surface area (TPSA) is 73.6 Å². The number of methoxy groups -OCH3 is 1. The first-order chi connectivity index (χ1) is 10.5. The molecule has 3 aromatic rings. The zero-order valence-corrected chi connectivity index (χ0v) is 12.5. The summed E-state index contributed by atoms with van der Waals surface area (Å²) < 4.78 is 35.4. The summed E-state index contributed by atoms with van der Waals surface area (Å²) in [4.78, 5) is 11.6. The Hall–Kier alpha value is -2.60. The number of sulfone groups is 1. The lowest BCUT2D eigenvalue weighted by atomic mass is 10.2. The molecule has 0 bridgehead atoms. The van der Waals surface area contributed by atoms with Crippen LogP contribution in [0.15, 0.2) is 73.6 Å². The lowest BCUT2D eigenvalue weighted by Crippen LogP contribution is -2.14. The van der Waals surface area contributed by atoms with Gasteiger partial charge in [0.05, 0.1) is 12.0 Å². The van der Waals surface area contributed by atoms with Crippen molar-refractivity contribution >= 4 is 20.8 Å². The number of rotatable bonds is 3. The van der Waals surface area contributed by atoms with E-state index >= 15 is 0 Å². The van der Waals surface area contributed by atoms with Crippen LogP contribution in [0.25, 0.3) is 11.0 Å². The molecule has 0 aliphatic heterocycles. The van der Waals surface area contributed by atoms with Crippen molar-refractivity contribution < 1.29 is 17.6 Å². The van der Waals surface area contributed by atoms with Gasteiger partial charge >= 0.3 is 5.63 Å². The Labute approximate surface area is 126 Å². The molecule has 1 aromatic heterocycles. The highest BCUT2D eigenvalue weighted by Gasteiger charge is 2.23. The van der Waals surface area contributed by atoms with E-state index in [-0.39, 0.29) is 9.79 Å². The summed E-state index contributed by atoms with van der Waals surface area (Å²) in [5, 5.41) is 0.545. The first-order valence-corrected chi connectivity index (χ1v) is 7.93. The van der Waals surface area contributed by atoms with Crippen LogP contribution in [0, 0.1) is 0 Å². The summed E-state index contributed by atoms with van der Waals surface area (Å²) in [6.07, 6.45) is 0. The van der Waals surface area contributed by atoms with Crippen molar-refractivity contribution in [2.45, 2.75) is 9.79 Å². The van der Waals surface area contributed by atoms with Crippen LogP contribution in [0.2, 0.25) is 0 Å². The maximum Gasteiger partial charge on any atom is 0.355 e. The van der Waals surface area contributed by atoms with Crippen molar-refractivity contribution in [3.63, 3.8) is 0 Å². The van der Waals surface area contributed by atoms with Crippen LogP contribution in [-0.4, -0.2) is 15.5 Å². The molecular weight excluding hydrogens is 304 g/mol. The molecule has 5 nitrogen and oxygen atoms in total. The van der Waals surface area contributed by atoms with E-state index in [4.69, 9.17) is 9.15 Å². The summed E-state index contributed by atoms with van der Waals surface area (Å²) >= 11 is 0. The van der Waals surface area contributed by atoms with Crippen LogP contribution in [0.1, 0.15) is 0 Å². The van der Waals surface area contributed by atoms with Gasteiger partial charge in [-0.3, -0.25) is 0 Å². The fraction of sp³-hybridized carbons (Fsp3) is 0.0625. The van der Waals surface area contributed by atoms with Crippen molar-refractivity contribution in [2.24, 2.45) is 0 Å². The van der Waals surface area contributed by atoms with Crippen LogP contribution in [0.3, 0.4) is 0 Å². The minimum Gasteiger partial charge on any atom is -0.497 e. The number of hydrogen-bond acceptors (Lipinski definition) is 5. The van der Waals surface area contributed by atoms with E-state index < -0.39 is 15.5 Å². The van der Waals surface area contributed by atoms with E-state index in [0.717, 1.165) is 0 Å². The largest absolute Gasteiger partial charge is 0.497 e. The molecule has 2 aromatic carbocycles. The van der Waals surface area contributed by atoms with Crippen LogP contribution >= 0.6 is 0 Å². The predicted octanol–water partition coefficient (Wildman–Crippen LogP) is 2.63. The van der Waals surface area contributed by atoms with Gasteiger partial charge in [0, 0.05) is 5.39 Å². The molecule has 22 heavy (non-hydrogen) atoms. The van der Waals surface area contributed by atoms with Gasteiger partial charge < -0.3 is 9.15 Å². The molecule has 0 amide bonds. The Kier molecular flexibility index (Phi) is 3.46. The molecule has 112 valence electrons. The second-order valence-corrected chi connectivity index (χ2v) is 6.54. The summed E-state index contributed by atoms with van der Waals surface area (Å²) in [6, 6.07) is 14.0. The monoisotopic (exact) mass is 316 g/mol. The Bertz CT molecular complexity index is 1000.